The lowest BCUT2D eigenvalue weighted by Crippen LogP contribution is -2.49. The first-order chi connectivity index (χ1) is 12.7. The predicted molar refractivity (Wildman–Crippen MR) is 99.3 cm³/mol. The Balaban J connectivity index is 1.55. The van der Waals surface area contributed by atoms with Crippen LogP contribution < -0.4 is 9.64 Å². The second-order valence-electron chi connectivity index (χ2n) is 5.65. The van der Waals surface area contributed by atoms with Crippen LogP contribution in [0.25, 0.3) is 0 Å². The van der Waals surface area contributed by atoms with Gasteiger partial charge in [-0.25, -0.2) is 9.97 Å². The van der Waals surface area contributed by atoms with Crippen LogP contribution in [0.2, 0.25) is 0 Å². The van der Waals surface area contributed by atoms with E-state index in [9.17, 15) is 10.1 Å². The number of piperazine rings is 1. The predicted octanol–water partition coefficient (Wildman–Crippen LogP) is 1.80. The number of nitriles is 1. The molecule has 2 aromatic rings. The molecule has 0 saturated carbocycles. The van der Waals surface area contributed by atoms with Gasteiger partial charge in [0.15, 0.2) is 0 Å². The molecule has 3 rings (SSSR count). The van der Waals surface area contributed by atoms with Gasteiger partial charge in [0.05, 0.1) is 12.9 Å². The molecule has 0 unspecified atom stereocenters. The Morgan fingerprint density at radius 3 is 2.69 bits per heavy atom. The number of hydrogen-bond acceptors (Lipinski definition) is 7. The molecule has 26 heavy (non-hydrogen) atoms. The Morgan fingerprint density at radius 2 is 2.04 bits per heavy atom. The summed E-state index contributed by atoms with van der Waals surface area (Å²) in [5, 5.41) is 9.81. The van der Waals surface area contributed by atoms with E-state index >= 15 is 0 Å². The minimum Gasteiger partial charge on any atom is -0.495 e. The number of amides is 1. The largest absolute Gasteiger partial charge is 0.495 e. The van der Waals surface area contributed by atoms with Crippen LogP contribution in [0.15, 0.2) is 41.7 Å². The zero-order valence-corrected chi connectivity index (χ0v) is 15.3. The Kier molecular flexibility index (Phi) is 5.92. The molecule has 0 bridgehead atoms. The molecule has 0 radical (unpaired) electrons. The Morgan fingerprint density at radius 1 is 1.23 bits per heavy atom. The minimum atomic E-state index is 0.0455. The second-order valence-corrected chi connectivity index (χ2v) is 6.61. The third-order valence-electron chi connectivity index (χ3n) is 4.15. The highest BCUT2D eigenvalue weighted by molar-refractivity contribution is 8.00. The van der Waals surface area contributed by atoms with Crippen molar-refractivity contribution in [1.29, 1.82) is 5.26 Å². The van der Waals surface area contributed by atoms with Crippen LogP contribution >= 0.6 is 11.8 Å². The smallest absolute Gasteiger partial charge is 0.233 e. The van der Waals surface area contributed by atoms with E-state index in [4.69, 9.17) is 4.74 Å². The molecule has 3 heterocycles. The summed E-state index contributed by atoms with van der Waals surface area (Å²) in [5.41, 5.74) is 0.368. The summed E-state index contributed by atoms with van der Waals surface area (Å²) >= 11 is 1.27. The molecule has 134 valence electrons. The highest BCUT2D eigenvalue weighted by Crippen LogP contribution is 2.27. The third kappa shape index (κ3) is 4.06. The van der Waals surface area contributed by atoms with E-state index in [1.54, 1.807) is 18.5 Å². The molecule has 0 aliphatic carbocycles. The van der Waals surface area contributed by atoms with Crippen LogP contribution in [0.5, 0.6) is 5.75 Å². The van der Waals surface area contributed by atoms with Crippen LogP contribution in [0, 0.1) is 11.3 Å². The SMILES string of the molecule is COc1ccnc(SCC(=O)N2CCN(c3ccccn3)CC2)c1C#N. The molecule has 1 aliphatic rings. The number of rotatable bonds is 5. The van der Waals surface area contributed by atoms with E-state index in [1.165, 1.54) is 18.9 Å². The normalized spacial score (nSPS) is 14.0. The maximum Gasteiger partial charge on any atom is 0.233 e. The summed E-state index contributed by atoms with van der Waals surface area (Å²) < 4.78 is 5.17. The number of aromatic nitrogens is 2. The number of nitrogens with zero attached hydrogens (tertiary/aromatic N) is 5. The minimum absolute atomic E-state index is 0.0455. The van der Waals surface area contributed by atoms with E-state index in [1.807, 2.05) is 23.1 Å². The molecule has 1 saturated heterocycles. The highest BCUT2D eigenvalue weighted by atomic mass is 32.2. The fourth-order valence-corrected chi connectivity index (χ4v) is 3.62. The molecule has 0 aromatic carbocycles. The summed E-state index contributed by atoms with van der Waals surface area (Å²) in [4.78, 5) is 25.1. The van der Waals surface area contributed by atoms with Crippen LogP contribution in [-0.2, 0) is 4.79 Å². The zero-order chi connectivity index (χ0) is 18.4. The van der Waals surface area contributed by atoms with Gasteiger partial charge in [0.2, 0.25) is 5.91 Å². The van der Waals surface area contributed by atoms with Gasteiger partial charge < -0.3 is 14.5 Å². The van der Waals surface area contributed by atoms with Gasteiger partial charge in [0.25, 0.3) is 0 Å². The fourth-order valence-electron chi connectivity index (χ4n) is 2.76. The third-order valence-corrected chi connectivity index (χ3v) is 5.12. The quantitative estimate of drug-likeness (QED) is 0.743. The Bertz CT molecular complexity index is 801. The maximum absolute atomic E-state index is 12.5. The van der Waals surface area contributed by atoms with Crippen LogP contribution in [0.4, 0.5) is 5.82 Å². The first kappa shape index (κ1) is 18.0. The number of hydrogen-bond donors (Lipinski definition) is 0. The Labute approximate surface area is 156 Å². The van der Waals surface area contributed by atoms with E-state index in [-0.39, 0.29) is 11.7 Å². The van der Waals surface area contributed by atoms with Crippen molar-refractivity contribution in [2.45, 2.75) is 5.03 Å². The second kappa shape index (κ2) is 8.54. The Hall–Kier alpha value is -2.79. The average molecular weight is 369 g/mol. The van der Waals surface area contributed by atoms with Gasteiger partial charge in [0, 0.05) is 38.6 Å². The van der Waals surface area contributed by atoms with Crippen LogP contribution in [0.3, 0.4) is 0 Å². The van der Waals surface area contributed by atoms with Gasteiger partial charge in [-0.05, 0) is 18.2 Å². The lowest BCUT2D eigenvalue weighted by Gasteiger charge is -2.35. The number of thioether (sulfide) groups is 1. The summed E-state index contributed by atoms with van der Waals surface area (Å²) in [6.07, 6.45) is 3.36. The molecule has 1 aliphatic heterocycles. The molecule has 0 atom stereocenters. The molecule has 1 fully saturated rings. The molecule has 0 N–H and O–H groups in total. The lowest BCUT2D eigenvalue weighted by molar-refractivity contribution is -0.128. The topological polar surface area (TPSA) is 82.3 Å². The lowest BCUT2D eigenvalue weighted by atomic mass is 10.3. The van der Waals surface area contributed by atoms with Crippen molar-refractivity contribution < 1.29 is 9.53 Å². The van der Waals surface area contributed by atoms with Crippen molar-refractivity contribution in [3.05, 3.63) is 42.2 Å². The van der Waals surface area contributed by atoms with Crippen molar-refractivity contribution in [3.8, 4) is 11.8 Å². The maximum atomic E-state index is 12.5. The first-order valence-electron chi connectivity index (χ1n) is 8.22. The summed E-state index contributed by atoms with van der Waals surface area (Å²) in [7, 11) is 1.51. The van der Waals surface area contributed by atoms with E-state index in [2.05, 4.69) is 20.9 Å². The number of ether oxygens (including phenoxy) is 1. The number of methoxy groups -OCH3 is 1. The monoisotopic (exact) mass is 369 g/mol. The van der Waals surface area contributed by atoms with Crippen LogP contribution in [0.1, 0.15) is 5.56 Å². The van der Waals surface area contributed by atoms with E-state index in [0.29, 0.717) is 29.4 Å². The number of carbonyl (C=O) groups is 1. The van der Waals surface area contributed by atoms with Gasteiger partial charge in [-0.3, -0.25) is 4.79 Å². The number of anilines is 1. The summed E-state index contributed by atoms with van der Waals surface area (Å²) in [6, 6.07) is 9.57. The van der Waals surface area contributed by atoms with Gasteiger partial charge in [0.1, 0.15) is 28.2 Å². The van der Waals surface area contributed by atoms with Gasteiger partial charge in [-0.2, -0.15) is 5.26 Å². The number of carbonyl (C=O) groups excluding carboxylic acids is 1. The van der Waals surface area contributed by atoms with Crippen molar-refractivity contribution in [1.82, 2.24) is 14.9 Å². The van der Waals surface area contributed by atoms with Gasteiger partial charge >= 0.3 is 0 Å². The molecule has 8 heteroatoms. The molecular weight excluding hydrogens is 350 g/mol. The van der Waals surface area contributed by atoms with Gasteiger partial charge in [-0.1, -0.05) is 17.8 Å². The summed E-state index contributed by atoms with van der Waals surface area (Å²) in [6.45, 7) is 2.84. The molecule has 7 nitrogen and oxygen atoms in total. The van der Waals surface area contributed by atoms with Crippen molar-refractivity contribution in [3.63, 3.8) is 0 Å². The molecule has 0 spiro atoms. The van der Waals surface area contributed by atoms with Gasteiger partial charge in [-0.15, -0.1) is 0 Å². The fraction of sp³-hybridized carbons (Fsp3) is 0.333. The molecule has 2 aromatic heterocycles. The highest BCUT2D eigenvalue weighted by Gasteiger charge is 2.22. The van der Waals surface area contributed by atoms with E-state index in [0.717, 1.165) is 18.9 Å². The first-order valence-corrected chi connectivity index (χ1v) is 9.21. The molecule has 1 amide bonds. The standard InChI is InChI=1S/C18H19N5O2S/c1-25-15-5-7-21-18(14(15)12-19)26-13-17(24)23-10-8-22(9-11-23)16-4-2-3-6-20-16/h2-7H,8-11,13H2,1H3. The van der Waals surface area contributed by atoms with Crippen molar-refractivity contribution in [2.75, 3.05) is 43.9 Å². The molecular formula is C18H19N5O2S. The summed E-state index contributed by atoms with van der Waals surface area (Å²) in [5.74, 6) is 1.71. The van der Waals surface area contributed by atoms with Crippen LogP contribution in [-0.4, -0.2) is 59.8 Å². The number of pyridine rings is 2. The van der Waals surface area contributed by atoms with Crippen molar-refractivity contribution in [2.24, 2.45) is 0 Å². The van der Waals surface area contributed by atoms with Crippen molar-refractivity contribution >= 4 is 23.5 Å². The van der Waals surface area contributed by atoms with E-state index < -0.39 is 0 Å². The zero-order valence-electron chi connectivity index (χ0n) is 14.5. The average Bonchev–Trinajstić information content (AvgIpc) is 2.72.